The average molecular weight is 285 g/mol. The molecule has 5 nitrogen and oxygen atoms in total. The van der Waals surface area contributed by atoms with Crippen LogP contribution < -0.4 is 0 Å². The summed E-state index contributed by atoms with van der Waals surface area (Å²) in [6.45, 7) is 2.17. The molecule has 17 heavy (non-hydrogen) atoms. The van der Waals surface area contributed by atoms with Crippen LogP contribution in [0.3, 0.4) is 0 Å². The summed E-state index contributed by atoms with van der Waals surface area (Å²) in [5, 5.41) is 0. The lowest BCUT2D eigenvalue weighted by Gasteiger charge is -2.03. The van der Waals surface area contributed by atoms with E-state index in [1.807, 2.05) is 0 Å². The monoisotopic (exact) mass is 285 g/mol. The quantitative estimate of drug-likeness (QED) is 0.443. The van der Waals surface area contributed by atoms with E-state index in [2.05, 4.69) is 11.2 Å². The molecule has 2 unspecified atom stereocenters. The molecule has 0 amide bonds. The Labute approximate surface area is 104 Å². The van der Waals surface area contributed by atoms with E-state index in [4.69, 9.17) is 9.79 Å². The highest BCUT2D eigenvalue weighted by Gasteiger charge is 2.31. The van der Waals surface area contributed by atoms with Crippen molar-refractivity contribution < 1.29 is 23.2 Å². The maximum Gasteiger partial charge on any atom is 0.703 e. The molecule has 0 aromatic rings. The van der Waals surface area contributed by atoms with Gasteiger partial charge in [0.2, 0.25) is 0 Å². The van der Waals surface area contributed by atoms with E-state index in [-0.39, 0.29) is 6.16 Å². The summed E-state index contributed by atoms with van der Waals surface area (Å²) < 4.78 is 25.5. The summed E-state index contributed by atoms with van der Waals surface area (Å²) in [6, 6.07) is 0. The van der Waals surface area contributed by atoms with Crippen molar-refractivity contribution in [3.8, 4) is 0 Å². The van der Waals surface area contributed by atoms with Gasteiger partial charge in [0, 0.05) is 4.57 Å². The summed E-state index contributed by atoms with van der Waals surface area (Å²) >= 11 is 0. The van der Waals surface area contributed by atoms with E-state index < -0.39 is 15.9 Å². The van der Waals surface area contributed by atoms with E-state index in [9.17, 15) is 9.13 Å². The van der Waals surface area contributed by atoms with E-state index >= 15 is 0 Å². The van der Waals surface area contributed by atoms with Gasteiger partial charge in [-0.25, -0.2) is 0 Å². The molecule has 0 rings (SSSR count). The first kappa shape index (κ1) is 17.2. The Morgan fingerprint density at radius 2 is 1.53 bits per heavy atom. The van der Waals surface area contributed by atoms with Crippen molar-refractivity contribution in [2.75, 3.05) is 6.16 Å². The van der Waals surface area contributed by atoms with Crippen LogP contribution in [0.25, 0.3) is 0 Å². The zero-order valence-corrected chi connectivity index (χ0v) is 12.2. The fraction of sp³-hybridized carbons (Fsp3) is 1.00. The normalized spacial score (nSPS) is 15.6. The van der Waals surface area contributed by atoms with E-state index in [1.54, 1.807) is 0 Å². The lowest BCUT2D eigenvalue weighted by atomic mass is 10.1. The van der Waals surface area contributed by atoms with Crippen LogP contribution in [-0.2, 0) is 13.4 Å². The Morgan fingerprint density at radius 1 is 1.06 bits per heavy atom. The van der Waals surface area contributed by atoms with Gasteiger partial charge in [0.05, 0.1) is 6.16 Å². The number of rotatable bonds is 11. The zero-order valence-electron chi connectivity index (χ0n) is 10.4. The number of hydrogen-bond acceptors (Lipinski definition) is 3. The highest BCUT2D eigenvalue weighted by atomic mass is 31.2. The molecule has 0 aliphatic heterocycles. The zero-order chi connectivity index (χ0) is 13.1. The van der Waals surface area contributed by atoms with E-state index in [0.29, 0.717) is 6.42 Å². The van der Waals surface area contributed by atoms with Crippen molar-refractivity contribution in [3.05, 3.63) is 0 Å². The first-order valence-corrected chi connectivity index (χ1v) is 9.05. The molecule has 0 saturated heterocycles. The Morgan fingerprint density at radius 3 is 2.00 bits per heavy atom. The molecule has 0 aliphatic rings. The molecule has 0 bridgehead atoms. The van der Waals surface area contributed by atoms with Crippen molar-refractivity contribution in [2.24, 2.45) is 0 Å². The van der Waals surface area contributed by atoms with Gasteiger partial charge in [0.25, 0.3) is 0 Å². The minimum atomic E-state index is -3.85. The third kappa shape index (κ3) is 12.5. The summed E-state index contributed by atoms with van der Waals surface area (Å²) in [5.41, 5.74) is 0. The number of unbranched alkanes of at least 4 members (excludes halogenated alkanes) is 7. The van der Waals surface area contributed by atoms with Gasteiger partial charge in [-0.05, 0) is 10.7 Å². The molecule has 0 spiro atoms. The van der Waals surface area contributed by atoms with E-state index in [1.165, 1.54) is 25.7 Å². The second-order valence-electron chi connectivity index (χ2n) is 4.16. The Balaban J connectivity index is 3.38. The molecule has 0 heterocycles. The van der Waals surface area contributed by atoms with Gasteiger partial charge >= 0.3 is 15.9 Å². The van der Waals surface area contributed by atoms with Crippen molar-refractivity contribution in [1.82, 2.24) is 0 Å². The predicted octanol–water partition coefficient (Wildman–Crippen LogP) is 3.98. The van der Waals surface area contributed by atoms with Crippen LogP contribution in [0.5, 0.6) is 0 Å². The summed E-state index contributed by atoms with van der Waals surface area (Å²) in [5.74, 6) is 0. The smallest absolute Gasteiger partial charge is 0.322 e. The van der Waals surface area contributed by atoms with Gasteiger partial charge in [-0.3, -0.25) is 4.57 Å². The molecule has 2 N–H and O–H groups in total. The topological polar surface area (TPSA) is 83.8 Å². The second kappa shape index (κ2) is 10.2. The van der Waals surface area contributed by atoms with E-state index in [0.717, 1.165) is 19.3 Å². The molecule has 7 heteroatoms. The molecule has 0 aromatic carbocycles. The Kier molecular flexibility index (Phi) is 10.3. The maximum absolute atomic E-state index is 11.2. The highest BCUT2D eigenvalue weighted by molar-refractivity contribution is 7.59. The van der Waals surface area contributed by atoms with Crippen LogP contribution >= 0.6 is 15.9 Å². The average Bonchev–Trinajstić information content (AvgIpc) is 2.20. The lowest BCUT2D eigenvalue weighted by Crippen LogP contribution is -1.90. The molecule has 0 radical (unpaired) electrons. The van der Waals surface area contributed by atoms with Crippen molar-refractivity contribution in [3.63, 3.8) is 0 Å². The molecule has 0 aromatic heterocycles. The molecule has 102 valence electrons. The fourth-order valence-electron chi connectivity index (χ4n) is 1.60. The first-order valence-electron chi connectivity index (χ1n) is 6.15. The van der Waals surface area contributed by atoms with Crippen LogP contribution in [0.1, 0.15) is 58.3 Å². The summed E-state index contributed by atoms with van der Waals surface area (Å²) in [7, 11) is -6.83. The van der Waals surface area contributed by atoms with Crippen LogP contribution in [-0.4, -0.2) is 15.9 Å². The van der Waals surface area contributed by atoms with Gasteiger partial charge in [-0.1, -0.05) is 51.9 Å². The first-order chi connectivity index (χ1) is 7.98. The minimum absolute atomic E-state index is 0.0381. The largest absolute Gasteiger partial charge is 0.703 e. The minimum Gasteiger partial charge on any atom is -0.322 e. The molecular formula is C10H23O5P2+. The Bertz CT molecular complexity index is 257. The third-order valence-corrected chi connectivity index (χ3v) is 4.95. The second-order valence-corrected chi connectivity index (χ2v) is 7.01. The Hall–Kier alpha value is 0.210. The van der Waals surface area contributed by atoms with Gasteiger partial charge in [-0.15, -0.1) is 4.89 Å². The van der Waals surface area contributed by atoms with Crippen LogP contribution in [0, 0.1) is 0 Å². The van der Waals surface area contributed by atoms with Crippen LogP contribution in [0.4, 0.5) is 0 Å². The third-order valence-electron chi connectivity index (χ3n) is 2.49. The molecule has 0 fully saturated rings. The standard InChI is InChI=1S/C10H22O5P2/c1-2-3-4-5-6-7-8-9-10-17(13,14)15-16(11)12/h2-10H2,1H3,(H-,11,12,13,14)/p+1. The van der Waals surface area contributed by atoms with Gasteiger partial charge in [0.1, 0.15) is 0 Å². The van der Waals surface area contributed by atoms with Crippen LogP contribution in [0.2, 0.25) is 0 Å². The molecule has 0 aliphatic carbocycles. The van der Waals surface area contributed by atoms with Crippen molar-refractivity contribution >= 4 is 15.9 Å². The fourth-order valence-corrected chi connectivity index (χ4v) is 3.42. The lowest BCUT2D eigenvalue weighted by molar-refractivity contribution is 0.348. The SMILES string of the molecule is CCCCCCCCCCP(=O)(O)O[P+](=O)O. The highest BCUT2D eigenvalue weighted by Crippen LogP contribution is 2.50. The summed E-state index contributed by atoms with van der Waals surface area (Å²) in [4.78, 5) is 17.5. The molecule has 2 atom stereocenters. The van der Waals surface area contributed by atoms with Crippen molar-refractivity contribution in [1.29, 1.82) is 0 Å². The van der Waals surface area contributed by atoms with Gasteiger partial charge < -0.3 is 4.89 Å². The number of hydrogen-bond donors (Lipinski definition) is 2. The van der Waals surface area contributed by atoms with Crippen molar-refractivity contribution in [2.45, 2.75) is 58.3 Å². The predicted molar refractivity (Wildman–Crippen MR) is 68.2 cm³/mol. The van der Waals surface area contributed by atoms with Crippen LogP contribution in [0.15, 0.2) is 0 Å². The molecular weight excluding hydrogens is 262 g/mol. The summed E-state index contributed by atoms with van der Waals surface area (Å²) in [6.07, 6.45) is 8.52. The van der Waals surface area contributed by atoms with Gasteiger partial charge in [-0.2, -0.15) is 0 Å². The maximum atomic E-state index is 11.2. The molecule has 0 saturated carbocycles. The van der Waals surface area contributed by atoms with Gasteiger partial charge in [0.15, 0.2) is 0 Å².